The van der Waals surface area contributed by atoms with Crippen molar-refractivity contribution in [3.8, 4) is 0 Å². The molecule has 0 N–H and O–H groups in total. The van der Waals surface area contributed by atoms with Gasteiger partial charge in [-0.1, -0.05) is 66.7 Å². The highest BCUT2D eigenvalue weighted by atomic mass is 28.3. The van der Waals surface area contributed by atoms with Gasteiger partial charge in [0.15, 0.2) is 0 Å². The van der Waals surface area contributed by atoms with Crippen LogP contribution in [0.3, 0.4) is 0 Å². The van der Waals surface area contributed by atoms with E-state index in [-0.39, 0.29) is 0 Å². The molecule has 0 amide bonds. The number of benzene rings is 2. The Morgan fingerprint density at radius 1 is 0.850 bits per heavy atom. The van der Waals surface area contributed by atoms with Gasteiger partial charge in [0.25, 0.3) is 0 Å². The zero-order valence-corrected chi connectivity index (χ0v) is 13.0. The van der Waals surface area contributed by atoms with E-state index in [1.165, 1.54) is 10.4 Å². The Kier molecular flexibility index (Phi) is 6.28. The van der Waals surface area contributed by atoms with Crippen molar-refractivity contribution in [2.24, 2.45) is 0 Å². The molecule has 0 heterocycles. The van der Waals surface area contributed by atoms with Gasteiger partial charge in [-0.3, -0.25) is 0 Å². The minimum absolute atomic E-state index is 0.842. The van der Waals surface area contributed by atoms with Crippen LogP contribution in [0.25, 0.3) is 0 Å². The fourth-order valence-electron chi connectivity index (χ4n) is 2.23. The molecule has 0 bridgehead atoms. The van der Waals surface area contributed by atoms with E-state index in [0.29, 0.717) is 0 Å². The van der Waals surface area contributed by atoms with Gasteiger partial charge in [-0.25, -0.2) is 0 Å². The van der Waals surface area contributed by atoms with E-state index < -0.39 is 9.04 Å². The molecule has 2 rings (SSSR count). The van der Waals surface area contributed by atoms with Gasteiger partial charge < -0.3 is 4.43 Å². The summed E-state index contributed by atoms with van der Waals surface area (Å²) >= 11 is 0. The highest BCUT2D eigenvalue weighted by Crippen LogP contribution is 1.99. The molecule has 104 valence electrons. The van der Waals surface area contributed by atoms with Gasteiger partial charge in [0, 0.05) is 6.61 Å². The van der Waals surface area contributed by atoms with Gasteiger partial charge in [0.1, 0.15) is 0 Å². The predicted octanol–water partition coefficient (Wildman–Crippen LogP) is 2.90. The monoisotopic (exact) mass is 282 g/mol. The highest BCUT2D eigenvalue weighted by Gasteiger charge is 2.16. The summed E-state index contributed by atoms with van der Waals surface area (Å²) in [5.41, 5.74) is 0. The molecule has 0 radical (unpaired) electrons. The van der Waals surface area contributed by atoms with Crippen molar-refractivity contribution in [2.45, 2.75) is 19.3 Å². The van der Waals surface area contributed by atoms with Crippen LogP contribution in [0, 0.1) is 0 Å². The molecular formula is C18H22OSi. The molecule has 2 aromatic rings. The van der Waals surface area contributed by atoms with Crippen molar-refractivity contribution in [1.82, 2.24) is 0 Å². The Labute approximate surface area is 123 Å². The van der Waals surface area contributed by atoms with Gasteiger partial charge in [-0.2, -0.15) is 0 Å². The van der Waals surface area contributed by atoms with E-state index in [2.05, 4.69) is 67.2 Å². The smallest absolute Gasteiger partial charge is 0.239 e. The molecule has 0 unspecified atom stereocenters. The molecule has 0 aliphatic heterocycles. The zero-order chi connectivity index (χ0) is 14.0. The third kappa shape index (κ3) is 4.48. The second-order valence-electron chi connectivity index (χ2n) is 4.86. The normalized spacial score (nSPS) is 10.7. The maximum atomic E-state index is 6.27. The van der Waals surface area contributed by atoms with Crippen LogP contribution in [-0.2, 0) is 4.43 Å². The first kappa shape index (κ1) is 14.8. The van der Waals surface area contributed by atoms with Crippen molar-refractivity contribution < 1.29 is 4.43 Å². The fourth-order valence-corrected chi connectivity index (χ4v) is 4.55. The zero-order valence-electron chi connectivity index (χ0n) is 11.9. The standard InChI is InChI=1S/C18H22OSi/c1-2-3-4-11-16-19-20(17-12-7-5-8-13-17)18-14-9-6-10-15-18/h2,5-10,12-15,20H,1,3-4,11,16H2. The van der Waals surface area contributed by atoms with E-state index in [0.717, 1.165) is 25.9 Å². The van der Waals surface area contributed by atoms with Crippen LogP contribution in [-0.4, -0.2) is 15.6 Å². The van der Waals surface area contributed by atoms with E-state index in [1.807, 2.05) is 6.08 Å². The molecule has 0 saturated heterocycles. The van der Waals surface area contributed by atoms with Crippen molar-refractivity contribution in [3.63, 3.8) is 0 Å². The van der Waals surface area contributed by atoms with Crippen LogP contribution in [0.5, 0.6) is 0 Å². The van der Waals surface area contributed by atoms with Crippen molar-refractivity contribution >= 4 is 19.4 Å². The molecule has 0 aliphatic carbocycles. The average molecular weight is 282 g/mol. The Hall–Kier alpha value is -1.64. The van der Waals surface area contributed by atoms with Crippen molar-refractivity contribution in [2.75, 3.05) is 6.61 Å². The van der Waals surface area contributed by atoms with Gasteiger partial charge in [-0.15, -0.1) is 6.58 Å². The molecular weight excluding hydrogens is 260 g/mol. The molecule has 0 aromatic heterocycles. The van der Waals surface area contributed by atoms with Crippen LogP contribution in [0.1, 0.15) is 19.3 Å². The van der Waals surface area contributed by atoms with Gasteiger partial charge >= 0.3 is 0 Å². The molecule has 0 fully saturated rings. The maximum absolute atomic E-state index is 6.27. The van der Waals surface area contributed by atoms with E-state index in [1.54, 1.807) is 0 Å². The average Bonchev–Trinajstić information content (AvgIpc) is 2.53. The Balaban J connectivity index is 2.03. The minimum atomic E-state index is -1.53. The highest BCUT2D eigenvalue weighted by molar-refractivity contribution is 6.80. The summed E-state index contributed by atoms with van der Waals surface area (Å²) < 4.78 is 6.27. The van der Waals surface area contributed by atoms with Crippen LogP contribution < -0.4 is 10.4 Å². The molecule has 0 saturated carbocycles. The third-order valence-electron chi connectivity index (χ3n) is 3.29. The second-order valence-corrected chi connectivity index (χ2v) is 7.28. The Bertz CT molecular complexity index is 456. The third-order valence-corrected chi connectivity index (χ3v) is 5.84. The first-order valence-corrected chi connectivity index (χ1v) is 8.87. The molecule has 0 spiro atoms. The summed E-state index contributed by atoms with van der Waals surface area (Å²) in [4.78, 5) is 0. The van der Waals surface area contributed by atoms with E-state index in [4.69, 9.17) is 4.43 Å². The van der Waals surface area contributed by atoms with Crippen molar-refractivity contribution in [1.29, 1.82) is 0 Å². The summed E-state index contributed by atoms with van der Waals surface area (Å²) in [7, 11) is -1.53. The number of allylic oxidation sites excluding steroid dienone is 1. The second kappa shape index (κ2) is 8.51. The van der Waals surface area contributed by atoms with E-state index in [9.17, 15) is 0 Å². The molecule has 20 heavy (non-hydrogen) atoms. The number of rotatable bonds is 8. The summed E-state index contributed by atoms with van der Waals surface area (Å²) in [6.07, 6.45) is 5.32. The van der Waals surface area contributed by atoms with Crippen LogP contribution in [0.2, 0.25) is 0 Å². The fraction of sp³-hybridized carbons (Fsp3) is 0.222. The topological polar surface area (TPSA) is 9.23 Å². The van der Waals surface area contributed by atoms with E-state index >= 15 is 0 Å². The van der Waals surface area contributed by atoms with Crippen LogP contribution in [0.15, 0.2) is 73.3 Å². The van der Waals surface area contributed by atoms with Crippen LogP contribution in [0.4, 0.5) is 0 Å². The first-order chi connectivity index (χ1) is 9.92. The summed E-state index contributed by atoms with van der Waals surface area (Å²) in [5.74, 6) is 0. The molecule has 1 nitrogen and oxygen atoms in total. The minimum Gasteiger partial charge on any atom is -0.411 e. The first-order valence-electron chi connectivity index (χ1n) is 7.24. The van der Waals surface area contributed by atoms with Gasteiger partial charge in [0.05, 0.1) is 0 Å². The van der Waals surface area contributed by atoms with Gasteiger partial charge in [0.2, 0.25) is 9.04 Å². The lowest BCUT2D eigenvalue weighted by molar-refractivity contribution is 0.321. The number of hydrogen-bond donors (Lipinski definition) is 0. The lowest BCUT2D eigenvalue weighted by atomic mass is 10.2. The summed E-state index contributed by atoms with van der Waals surface area (Å²) in [5, 5.41) is 2.70. The number of unbranched alkanes of at least 4 members (excludes halogenated alkanes) is 2. The molecule has 0 atom stereocenters. The molecule has 2 heteroatoms. The Morgan fingerprint density at radius 3 is 1.90 bits per heavy atom. The van der Waals surface area contributed by atoms with Crippen molar-refractivity contribution in [3.05, 3.63) is 73.3 Å². The SMILES string of the molecule is C=CCCCCO[SiH](c1ccccc1)c1ccccc1. The summed E-state index contributed by atoms with van der Waals surface area (Å²) in [6, 6.07) is 21.3. The molecule has 2 aromatic carbocycles. The maximum Gasteiger partial charge on any atom is 0.239 e. The lowest BCUT2D eigenvalue weighted by Crippen LogP contribution is -2.45. The lowest BCUT2D eigenvalue weighted by Gasteiger charge is -2.17. The predicted molar refractivity (Wildman–Crippen MR) is 89.3 cm³/mol. The Morgan fingerprint density at radius 2 is 1.40 bits per heavy atom. The van der Waals surface area contributed by atoms with Gasteiger partial charge in [-0.05, 0) is 29.6 Å². The summed E-state index contributed by atoms with van der Waals surface area (Å²) in [6.45, 7) is 4.60. The molecule has 0 aliphatic rings. The quantitative estimate of drug-likeness (QED) is 0.411. The largest absolute Gasteiger partial charge is 0.411 e. The van der Waals surface area contributed by atoms with Crippen LogP contribution >= 0.6 is 0 Å². The number of hydrogen-bond acceptors (Lipinski definition) is 1.